The number of hydrogen-bond donors (Lipinski definition) is 1. The first-order chi connectivity index (χ1) is 12.5. The first kappa shape index (κ1) is 17.5. The predicted molar refractivity (Wildman–Crippen MR) is 96.1 cm³/mol. The summed E-state index contributed by atoms with van der Waals surface area (Å²) in [6.45, 7) is 0. The Hall–Kier alpha value is -3.35. The zero-order valence-corrected chi connectivity index (χ0v) is 14.6. The van der Waals surface area contributed by atoms with E-state index in [1.807, 2.05) is 0 Å². The fourth-order valence-electron chi connectivity index (χ4n) is 2.59. The molecule has 0 unspecified atom stereocenters. The van der Waals surface area contributed by atoms with Crippen molar-refractivity contribution in [3.05, 3.63) is 60.0 Å². The number of halogens is 1. The van der Waals surface area contributed by atoms with Gasteiger partial charge in [-0.25, -0.2) is 4.39 Å². The van der Waals surface area contributed by atoms with Crippen LogP contribution < -0.4 is 14.8 Å². The van der Waals surface area contributed by atoms with Gasteiger partial charge in [0.25, 0.3) is 5.91 Å². The molecule has 1 N–H and O–H groups in total. The van der Waals surface area contributed by atoms with Crippen molar-refractivity contribution in [1.29, 1.82) is 0 Å². The fourth-order valence-corrected chi connectivity index (χ4v) is 2.59. The molecule has 0 bridgehead atoms. The molecular weight excluding hydrogens is 337 g/mol. The Bertz CT molecular complexity index is 953. The van der Waals surface area contributed by atoms with E-state index in [0.29, 0.717) is 17.2 Å². The summed E-state index contributed by atoms with van der Waals surface area (Å²) in [5.74, 6) is 0.263. The van der Waals surface area contributed by atoms with Crippen LogP contribution in [-0.2, 0) is 7.05 Å². The number of carbonyl (C=O) groups excluding carboxylic acids is 1. The van der Waals surface area contributed by atoms with Crippen LogP contribution >= 0.6 is 0 Å². The molecule has 1 heterocycles. The minimum atomic E-state index is -0.508. The van der Waals surface area contributed by atoms with Gasteiger partial charge in [-0.15, -0.1) is 0 Å². The molecule has 0 saturated carbocycles. The minimum absolute atomic E-state index is 0.101. The second-order valence-electron chi connectivity index (χ2n) is 5.54. The Labute approximate surface area is 150 Å². The van der Waals surface area contributed by atoms with Crippen LogP contribution in [0.15, 0.2) is 48.5 Å². The van der Waals surface area contributed by atoms with Gasteiger partial charge in [-0.1, -0.05) is 12.1 Å². The van der Waals surface area contributed by atoms with Gasteiger partial charge >= 0.3 is 0 Å². The molecule has 1 aromatic heterocycles. The van der Waals surface area contributed by atoms with Gasteiger partial charge in [-0.05, 0) is 36.4 Å². The lowest BCUT2D eigenvalue weighted by Gasteiger charge is -2.10. The van der Waals surface area contributed by atoms with Crippen molar-refractivity contribution < 1.29 is 18.7 Å². The number of aryl methyl sites for hydroxylation is 1. The molecular formula is C19H18FN3O3. The van der Waals surface area contributed by atoms with Gasteiger partial charge in [-0.2, -0.15) is 5.10 Å². The monoisotopic (exact) mass is 355 g/mol. The highest BCUT2D eigenvalue weighted by Crippen LogP contribution is 2.33. The van der Waals surface area contributed by atoms with Crippen molar-refractivity contribution in [3.8, 4) is 22.8 Å². The Morgan fingerprint density at radius 2 is 1.88 bits per heavy atom. The number of hydrogen-bond acceptors (Lipinski definition) is 4. The van der Waals surface area contributed by atoms with Crippen molar-refractivity contribution in [3.63, 3.8) is 0 Å². The van der Waals surface area contributed by atoms with E-state index in [2.05, 4.69) is 10.4 Å². The molecule has 1 amide bonds. The number of methoxy groups -OCH3 is 2. The Kier molecular flexibility index (Phi) is 4.88. The van der Waals surface area contributed by atoms with Crippen LogP contribution in [0.2, 0.25) is 0 Å². The van der Waals surface area contributed by atoms with Crippen LogP contribution in [0.1, 0.15) is 10.5 Å². The van der Waals surface area contributed by atoms with E-state index in [-0.39, 0.29) is 11.4 Å². The quantitative estimate of drug-likeness (QED) is 0.761. The number of rotatable bonds is 5. The summed E-state index contributed by atoms with van der Waals surface area (Å²) < 4.78 is 25.9. The van der Waals surface area contributed by atoms with Crippen LogP contribution in [0, 0.1) is 5.82 Å². The minimum Gasteiger partial charge on any atom is -0.497 e. The SMILES string of the molecule is COc1ccc(OC)c(-c2cc(C(=O)Nc3ccccc3F)nn2C)c1. The molecule has 134 valence electrons. The molecule has 6 nitrogen and oxygen atoms in total. The number of para-hydroxylation sites is 1. The molecule has 0 atom stereocenters. The summed E-state index contributed by atoms with van der Waals surface area (Å²) in [5.41, 5.74) is 1.66. The average molecular weight is 355 g/mol. The predicted octanol–water partition coefficient (Wildman–Crippen LogP) is 3.50. The number of benzene rings is 2. The van der Waals surface area contributed by atoms with Crippen molar-refractivity contribution >= 4 is 11.6 Å². The third-order valence-electron chi connectivity index (χ3n) is 3.92. The lowest BCUT2D eigenvalue weighted by molar-refractivity contribution is 0.102. The molecule has 3 aromatic rings. The number of carbonyl (C=O) groups is 1. The average Bonchev–Trinajstić information content (AvgIpc) is 3.04. The molecule has 26 heavy (non-hydrogen) atoms. The first-order valence-corrected chi connectivity index (χ1v) is 7.86. The number of nitrogens with one attached hydrogen (secondary N) is 1. The van der Waals surface area contributed by atoms with Gasteiger partial charge in [0, 0.05) is 12.6 Å². The number of amides is 1. The molecule has 0 saturated heterocycles. The van der Waals surface area contributed by atoms with E-state index in [9.17, 15) is 9.18 Å². The van der Waals surface area contributed by atoms with Crippen molar-refractivity contribution in [2.45, 2.75) is 0 Å². The maximum atomic E-state index is 13.7. The maximum absolute atomic E-state index is 13.7. The Morgan fingerprint density at radius 3 is 2.58 bits per heavy atom. The zero-order valence-electron chi connectivity index (χ0n) is 14.6. The highest BCUT2D eigenvalue weighted by atomic mass is 19.1. The lowest BCUT2D eigenvalue weighted by Crippen LogP contribution is -2.13. The molecule has 0 aliphatic rings. The third-order valence-corrected chi connectivity index (χ3v) is 3.92. The van der Waals surface area contributed by atoms with Crippen LogP contribution in [-0.4, -0.2) is 29.9 Å². The molecule has 0 aliphatic heterocycles. The summed E-state index contributed by atoms with van der Waals surface area (Å²) in [7, 11) is 4.85. The van der Waals surface area contributed by atoms with Crippen molar-refractivity contribution in [1.82, 2.24) is 9.78 Å². The highest BCUT2D eigenvalue weighted by molar-refractivity contribution is 6.03. The fraction of sp³-hybridized carbons (Fsp3) is 0.158. The lowest BCUT2D eigenvalue weighted by atomic mass is 10.1. The van der Waals surface area contributed by atoms with Gasteiger partial charge in [0.15, 0.2) is 5.69 Å². The number of nitrogens with zero attached hydrogens (tertiary/aromatic N) is 2. The standard InChI is InChI=1S/C19H18FN3O3/c1-23-17(13-10-12(25-2)8-9-18(13)26-3)11-16(22-23)19(24)21-15-7-5-4-6-14(15)20/h4-11H,1-3H3,(H,21,24). The van der Waals surface area contributed by atoms with Crippen molar-refractivity contribution in [2.24, 2.45) is 7.05 Å². The van der Waals surface area contributed by atoms with Gasteiger partial charge in [-0.3, -0.25) is 9.48 Å². The number of ether oxygens (including phenoxy) is 2. The summed E-state index contributed by atoms with van der Waals surface area (Å²) in [5, 5.41) is 6.75. The van der Waals surface area contributed by atoms with E-state index in [1.54, 1.807) is 62.3 Å². The van der Waals surface area contributed by atoms with E-state index in [4.69, 9.17) is 9.47 Å². The number of aromatic nitrogens is 2. The molecule has 0 aliphatic carbocycles. The summed E-state index contributed by atoms with van der Waals surface area (Å²) >= 11 is 0. The molecule has 0 spiro atoms. The Morgan fingerprint density at radius 1 is 1.12 bits per heavy atom. The first-order valence-electron chi connectivity index (χ1n) is 7.86. The van der Waals surface area contributed by atoms with Gasteiger partial charge in [0.1, 0.15) is 17.3 Å². The van der Waals surface area contributed by atoms with Crippen LogP contribution in [0.25, 0.3) is 11.3 Å². The highest BCUT2D eigenvalue weighted by Gasteiger charge is 2.18. The van der Waals surface area contributed by atoms with E-state index >= 15 is 0 Å². The second kappa shape index (κ2) is 7.26. The smallest absolute Gasteiger partial charge is 0.276 e. The topological polar surface area (TPSA) is 65.4 Å². The number of anilines is 1. The van der Waals surface area contributed by atoms with Gasteiger partial charge < -0.3 is 14.8 Å². The summed E-state index contributed by atoms with van der Waals surface area (Å²) in [6, 6.07) is 12.9. The van der Waals surface area contributed by atoms with E-state index < -0.39 is 11.7 Å². The summed E-state index contributed by atoms with van der Waals surface area (Å²) in [4.78, 5) is 12.4. The van der Waals surface area contributed by atoms with Crippen molar-refractivity contribution in [2.75, 3.05) is 19.5 Å². The molecule has 3 rings (SSSR count). The molecule has 7 heteroatoms. The summed E-state index contributed by atoms with van der Waals surface area (Å²) in [6.07, 6.45) is 0. The Balaban J connectivity index is 1.95. The molecule has 0 fully saturated rings. The largest absolute Gasteiger partial charge is 0.497 e. The molecule has 2 aromatic carbocycles. The van der Waals surface area contributed by atoms with E-state index in [0.717, 1.165) is 5.56 Å². The third kappa shape index (κ3) is 3.37. The van der Waals surface area contributed by atoms with Crippen LogP contribution in [0.4, 0.5) is 10.1 Å². The van der Waals surface area contributed by atoms with E-state index in [1.165, 1.54) is 12.1 Å². The second-order valence-corrected chi connectivity index (χ2v) is 5.54. The molecule has 0 radical (unpaired) electrons. The van der Waals surface area contributed by atoms with Crippen LogP contribution in [0.3, 0.4) is 0 Å². The zero-order chi connectivity index (χ0) is 18.7. The normalized spacial score (nSPS) is 10.5. The maximum Gasteiger partial charge on any atom is 0.276 e. The van der Waals surface area contributed by atoms with Gasteiger partial charge in [0.05, 0.1) is 25.6 Å². The van der Waals surface area contributed by atoms with Gasteiger partial charge in [0.2, 0.25) is 0 Å². The van der Waals surface area contributed by atoms with Crippen LogP contribution in [0.5, 0.6) is 11.5 Å².